The Labute approximate surface area is 119 Å². The van der Waals surface area contributed by atoms with E-state index in [-0.39, 0.29) is 24.3 Å². The number of aliphatic carboxylic acids is 1. The summed E-state index contributed by atoms with van der Waals surface area (Å²) in [5, 5.41) is 8.85. The molecule has 5 nitrogen and oxygen atoms in total. The van der Waals surface area contributed by atoms with E-state index in [1.165, 1.54) is 19.3 Å². The number of fused-ring (bicyclic) bond motifs is 1. The summed E-state index contributed by atoms with van der Waals surface area (Å²) in [5.41, 5.74) is 0. The molecule has 20 heavy (non-hydrogen) atoms. The molecule has 3 rings (SSSR count). The topological polar surface area (TPSA) is 66.8 Å². The third-order valence-corrected chi connectivity index (χ3v) is 5.05. The summed E-state index contributed by atoms with van der Waals surface area (Å²) in [7, 11) is 0. The maximum absolute atomic E-state index is 12.6. The maximum atomic E-state index is 12.6. The van der Waals surface area contributed by atoms with Crippen molar-refractivity contribution in [2.24, 2.45) is 17.8 Å². The first-order valence-corrected chi connectivity index (χ1v) is 7.79. The fourth-order valence-corrected chi connectivity index (χ4v) is 3.95. The predicted octanol–water partition coefficient (Wildman–Crippen LogP) is 1.51. The first kappa shape index (κ1) is 13.9. The quantitative estimate of drug-likeness (QED) is 0.801. The largest absolute Gasteiger partial charge is 0.481 e. The van der Waals surface area contributed by atoms with Crippen LogP contribution in [0.2, 0.25) is 0 Å². The highest BCUT2D eigenvalue weighted by Crippen LogP contribution is 2.58. The van der Waals surface area contributed by atoms with Crippen LogP contribution in [0.5, 0.6) is 0 Å². The molecule has 0 aromatic rings. The van der Waals surface area contributed by atoms with Crippen molar-refractivity contribution >= 4 is 11.9 Å². The number of hydrogen-bond acceptors (Lipinski definition) is 3. The van der Waals surface area contributed by atoms with E-state index in [2.05, 4.69) is 0 Å². The van der Waals surface area contributed by atoms with Crippen molar-refractivity contribution in [2.45, 2.75) is 44.6 Å². The molecule has 0 radical (unpaired) electrons. The summed E-state index contributed by atoms with van der Waals surface area (Å²) in [6.45, 7) is 1.66. The second-order valence-electron chi connectivity index (χ2n) is 6.35. The van der Waals surface area contributed by atoms with E-state index < -0.39 is 5.97 Å². The molecule has 1 N–H and O–H groups in total. The van der Waals surface area contributed by atoms with Crippen LogP contribution in [0.1, 0.15) is 38.5 Å². The summed E-state index contributed by atoms with van der Waals surface area (Å²) in [6, 6.07) is 0. The molecule has 1 saturated heterocycles. The average molecular weight is 281 g/mol. The lowest BCUT2D eigenvalue weighted by Gasteiger charge is -2.25. The second kappa shape index (κ2) is 5.72. The van der Waals surface area contributed by atoms with Crippen molar-refractivity contribution in [3.8, 4) is 0 Å². The monoisotopic (exact) mass is 281 g/mol. The standard InChI is InChI=1S/C15H23NO4/c17-13(18)6-7-16(9-10-3-2-8-20-10)15(19)14-11-4-1-5-12(11)14/h10-12,14H,1-9H2,(H,17,18). The molecule has 0 aromatic heterocycles. The number of carboxylic acid groups (broad SMARTS) is 1. The Balaban J connectivity index is 1.58. The highest BCUT2D eigenvalue weighted by atomic mass is 16.5. The van der Waals surface area contributed by atoms with Gasteiger partial charge < -0.3 is 14.7 Å². The van der Waals surface area contributed by atoms with Crippen LogP contribution in [-0.2, 0) is 14.3 Å². The smallest absolute Gasteiger partial charge is 0.305 e. The van der Waals surface area contributed by atoms with Gasteiger partial charge in [-0.15, -0.1) is 0 Å². The van der Waals surface area contributed by atoms with Gasteiger partial charge in [0.15, 0.2) is 0 Å². The highest BCUT2D eigenvalue weighted by Gasteiger charge is 2.57. The van der Waals surface area contributed by atoms with Gasteiger partial charge in [-0.25, -0.2) is 0 Å². The first-order valence-electron chi connectivity index (χ1n) is 7.79. The summed E-state index contributed by atoms with van der Waals surface area (Å²) in [6.07, 6.45) is 5.75. The van der Waals surface area contributed by atoms with E-state index in [0.717, 1.165) is 19.4 Å². The summed E-state index contributed by atoms with van der Waals surface area (Å²) >= 11 is 0. The lowest BCUT2D eigenvalue weighted by atomic mass is 10.1. The van der Waals surface area contributed by atoms with Crippen molar-refractivity contribution in [3.63, 3.8) is 0 Å². The van der Waals surface area contributed by atoms with Crippen molar-refractivity contribution < 1.29 is 19.4 Å². The van der Waals surface area contributed by atoms with E-state index >= 15 is 0 Å². The molecule has 2 aliphatic carbocycles. The summed E-state index contributed by atoms with van der Waals surface area (Å²) < 4.78 is 5.59. The van der Waals surface area contributed by atoms with Gasteiger partial charge in [-0.05, 0) is 37.5 Å². The molecule has 2 saturated carbocycles. The summed E-state index contributed by atoms with van der Waals surface area (Å²) in [5.74, 6) is 0.681. The third kappa shape index (κ3) is 2.82. The van der Waals surface area contributed by atoms with Crippen LogP contribution in [-0.4, -0.2) is 47.7 Å². The van der Waals surface area contributed by atoms with Gasteiger partial charge >= 0.3 is 5.97 Å². The molecule has 0 spiro atoms. The van der Waals surface area contributed by atoms with Gasteiger partial charge in [0.05, 0.1) is 12.5 Å². The Morgan fingerprint density at radius 1 is 1.15 bits per heavy atom. The Bertz CT molecular complexity index is 381. The number of carbonyl (C=O) groups excluding carboxylic acids is 1. The zero-order valence-corrected chi connectivity index (χ0v) is 11.8. The number of ether oxygens (including phenoxy) is 1. The molecule has 1 amide bonds. The number of carboxylic acids is 1. The minimum absolute atomic E-state index is 0.0283. The lowest BCUT2D eigenvalue weighted by molar-refractivity contribution is -0.139. The SMILES string of the molecule is O=C(O)CCN(CC1CCCO1)C(=O)C1C2CCCC21. The van der Waals surface area contributed by atoms with Crippen LogP contribution in [0.25, 0.3) is 0 Å². The van der Waals surface area contributed by atoms with Crippen LogP contribution in [0.4, 0.5) is 0 Å². The number of rotatable bonds is 6. The fraction of sp³-hybridized carbons (Fsp3) is 0.867. The molecule has 1 heterocycles. The Morgan fingerprint density at radius 3 is 2.50 bits per heavy atom. The van der Waals surface area contributed by atoms with Crippen molar-refractivity contribution in [1.29, 1.82) is 0 Å². The van der Waals surface area contributed by atoms with E-state index in [9.17, 15) is 9.59 Å². The van der Waals surface area contributed by atoms with Gasteiger partial charge in [-0.3, -0.25) is 9.59 Å². The molecule has 5 heteroatoms. The fourth-order valence-electron chi connectivity index (χ4n) is 3.95. The molecule has 0 bridgehead atoms. The molecule has 1 aliphatic heterocycles. The Kier molecular flexibility index (Phi) is 3.96. The van der Waals surface area contributed by atoms with Crippen molar-refractivity contribution in [2.75, 3.05) is 19.7 Å². The molecular weight excluding hydrogens is 258 g/mol. The van der Waals surface area contributed by atoms with Crippen LogP contribution >= 0.6 is 0 Å². The van der Waals surface area contributed by atoms with E-state index in [0.29, 0.717) is 24.9 Å². The maximum Gasteiger partial charge on any atom is 0.305 e. The number of hydrogen-bond donors (Lipinski definition) is 1. The van der Waals surface area contributed by atoms with E-state index in [4.69, 9.17) is 9.84 Å². The van der Waals surface area contributed by atoms with Crippen molar-refractivity contribution in [3.05, 3.63) is 0 Å². The average Bonchev–Trinajstić information content (AvgIpc) is 2.86. The molecule has 112 valence electrons. The minimum Gasteiger partial charge on any atom is -0.481 e. The predicted molar refractivity (Wildman–Crippen MR) is 72.1 cm³/mol. The highest BCUT2D eigenvalue weighted by molar-refractivity contribution is 5.83. The van der Waals surface area contributed by atoms with Gasteiger partial charge in [-0.1, -0.05) is 6.42 Å². The Morgan fingerprint density at radius 2 is 1.90 bits per heavy atom. The molecule has 3 aliphatic rings. The van der Waals surface area contributed by atoms with E-state index in [1.807, 2.05) is 0 Å². The number of carbonyl (C=O) groups is 2. The van der Waals surface area contributed by atoms with Crippen LogP contribution in [0.15, 0.2) is 0 Å². The molecule has 3 unspecified atom stereocenters. The van der Waals surface area contributed by atoms with Crippen LogP contribution in [0.3, 0.4) is 0 Å². The van der Waals surface area contributed by atoms with Gasteiger partial charge in [0.25, 0.3) is 0 Å². The third-order valence-electron chi connectivity index (χ3n) is 5.05. The van der Waals surface area contributed by atoms with E-state index in [1.54, 1.807) is 4.90 Å². The number of amides is 1. The first-order chi connectivity index (χ1) is 9.66. The molecule has 0 aromatic carbocycles. The summed E-state index contributed by atoms with van der Waals surface area (Å²) in [4.78, 5) is 25.1. The lowest BCUT2D eigenvalue weighted by Crippen LogP contribution is -2.40. The molecule has 3 fully saturated rings. The zero-order chi connectivity index (χ0) is 14.1. The Hall–Kier alpha value is -1.10. The van der Waals surface area contributed by atoms with Crippen LogP contribution < -0.4 is 0 Å². The van der Waals surface area contributed by atoms with Gasteiger partial charge in [0.1, 0.15) is 0 Å². The normalized spacial score (nSPS) is 34.8. The molecule has 3 atom stereocenters. The van der Waals surface area contributed by atoms with Gasteiger partial charge in [0.2, 0.25) is 5.91 Å². The molecular formula is C15H23NO4. The number of nitrogens with zero attached hydrogens (tertiary/aromatic N) is 1. The second-order valence-corrected chi connectivity index (χ2v) is 6.35. The van der Waals surface area contributed by atoms with Crippen LogP contribution in [0, 0.1) is 17.8 Å². The zero-order valence-electron chi connectivity index (χ0n) is 11.8. The van der Waals surface area contributed by atoms with Gasteiger partial charge in [0, 0.05) is 25.6 Å². The van der Waals surface area contributed by atoms with Gasteiger partial charge in [-0.2, -0.15) is 0 Å². The minimum atomic E-state index is -0.842. The van der Waals surface area contributed by atoms with Crippen molar-refractivity contribution in [1.82, 2.24) is 4.90 Å².